The number of carboxylic acid groups (broad SMARTS) is 1. The number of pyridine rings is 1. The molecular weight excluding hydrogens is 405 g/mol. The first-order valence-electron chi connectivity index (χ1n) is 8.38. The van der Waals surface area contributed by atoms with E-state index in [0.29, 0.717) is 27.1 Å². The standard InChI is InChI=1S/C20H14ClN3O4.Na/c1-11-20(15-6-7-22-17-8-12(21)2-4-14(15)17)16-9-13(24(27)28)3-5-18(16)23(11)10-19(25)26;/h2-9H,10H2,1H3,(H,25,26);/q;+1/p-1. The number of aromatic nitrogens is 2. The van der Waals surface area contributed by atoms with Crippen LogP contribution in [-0.4, -0.2) is 20.4 Å². The summed E-state index contributed by atoms with van der Waals surface area (Å²) in [5.41, 5.74) is 3.37. The molecule has 4 aromatic rings. The molecule has 7 nitrogen and oxygen atoms in total. The number of nitro benzene ring substituents is 1. The summed E-state index contributed by atoms with van der Waals surface area (Å²) in [7, 11) is 0. The van der Waals surface area contributed by atoms with E-state index in [1.54, 1.807) is 42.0 Å². The van der Waals surface area contributed by atoms with Gasteiger partial charge in [0.15, 0.2) is 0 Å². The Morgan fingerprint density at radius 2 is 1.93 bits per heavy atom. The minimum Gasteiger partial charge on any atom is -0.548 e. The van der Waals surface area contributed by atoms with Gasteiger partial charge in [0.1, 0.15) is 0 Å². The normalized spacial score (nSPS) is 10.8. The van der Waals surface area contributed by atoms with E-state index < -0.39 is 10.9 Å². The van der Waals surface area contributed by atoms with Crippen LogP contribution in [0, 0.1) is 17.0 Å². The average molecular weight is 418 g/mol. The number of benzene rings is 2. The summed E-state index contributed by atoms with van der Waals surface area (Å²) in [4.78, 5) is 26.4. The summed E-state index contributed by atoms with van der Waals surface area (Å²) in [5.74, 6) is -1.24. The molecule has 0 aliphatic carbocycles. The van der Waals surface area contributed by atoms with Crippen molar-refractivity contribution in [3.63, 3.8) is 0 Å². The monoisotopic (exact) mass is 417 g/mol. The first-order chi connectivity index (χ1) is 13.4. The number of rotatable bonds is 4. The van der Waals surface area contributed by atoms with Crippen LogP contribution in [0.25, 0.3) is 32.9 Å². The van der Waals surface area contributed by atoms with E-state index in [0.717, 1.165) is 16.5 Å². The molecule has 2 aromatic carbocycles. The Morgan fingerprint density at radius 1 is 1.17 bits per heavy atom. The Labute approximate surface area is 192 Å². The number of carboxylic acids is 1. The molecule has 0 aliphatic heterocycles. The molecule has 0 unspecified atom stereocenters. The predicted molar refractivity (Wildman–Crippen MR) is 104 cm³/mol. The SMILES string of the molecule is Cc1c(-c2ccnc3cc(Cl)ccc23)c2cc([N+](=O)[O-])ccc2n1CC(=O)[O-].[Na+]. The van der Waals surface area contributed by atoms with Crippen molar-refractivity contribution in [1.82, 2.24) is 9.55 Å². The van der Waals surface area contributed by atoms with Crippen LogP contribution in [0.5, 0.6) is 0 Å². The fourth-order valence-corrected chi connectivity index (χ4v) is 3.76. The van der Waals surface area contributed by atoms with Crippen molar-refractivity contribution in [3.05, 3.63) is 69.5 Å². The molecule has 9 heteroatoms. The third-order valence-electron chi connectivity index (χ3n) is 4.78. The van der Waals surface area contributed by atoms with E-state index in [-0.39, 0.29) is 41.8 Å². The van der Waals surface area contributed by atoms with Gasteiger partial charge in [-0.2, -0.15) is 0 Å². The summed E-state index contributed by atoms with van der Waals surface area (Å²) >= 11 is 6.07. The van der Waals surface area contributed by atoms with Crippen LogP contribution in [0.4, 0.5) is 5.69 Å². The zero-order valence-corrected chi connectivity index (χ0v) is 18.4. The quantitative estimate of drug-likeness (QED) is 0.273. The molecule has 2 aromatic heterocycles. The van der Waals surface area contributed by atoms with E-state index in [4.69, 9.17) is 11.6 Å². The fraction of sp³-hybridized carbons (Fsp3) is 0.100. The second kappa shape index (κ2) is 8.12. The third-order valence-corrected chi connectivity index (χ3v) is 5.01. The van der Waals surface area contributed by atoms with Crippen molar-refractivity contribution in [2.75, 3.05) is 0 Å². The number of non-ortho nitro benzene ring substituents is 1. The largest absolute Gasteiger partial charge is 1.00 e. The van der Waals surface area contributed by atoms with E-state index in [2.05, 4.69) is 4.98 Å². The maximum absolute atomic E-state index is 11.3. The van der Waals surface area contributed by atoms with Gasteiger partial charge < -0.3 is 14.5 Å². The molecule has 0 spiro atoms. The Morgan fingerprint density at radius 3 is 2.62 bits per heavy atom. The first kappa shape index (κ1) is 21.3. The van der Waals surface area contributed by atoms with Gasteiger partial charge >= 0.3 is 29.6 Å². The molecule has 0 saturated heterocycles. The van der Waals surface area contributed by atoms with Crippen LogP contribution in [0.1, 0.15) is 5.69 Å². The van der Waals surface area contributed by atoms with Gasteiger partial charge in [0.2, 0.25) is 0 Å². The zero-order chi connectivity index (χ0) is 20.0. The van der Waals surface area contributed by atoms with Gasteiger partial charge in [0, 0.05) is 50.9 Å². The Hall–Kier alpha value is -2.45. The number of halogens is 1. The summed E-state index contributed by atoms with van der Waals surface area (Å²) in [6.45, 7) is 1.43. The van der Waals surface area contributed by atoms with E-state index in [9.17, 15) is 20.0 Å². The van der Waals surface area contributed by atoms with Gasteiger partial charge in [-0.05, 0) is 36.8 Å². The van der Waals surface area contributed by atoms with Crippen molar-refractivity contribution in [2.24, 2.45) is 0 Å². The second-order valence-corrected chi connectivity index (χ2v) is 6.83. The second-order valence-electron chi connectivity index (χ2n) is 6.40. The number of nitrogens with zero attached hydrogens (tertiary/aromatic N) is 3. The number of hydrogen-bond donors (Lipinski definition) is 0. The third kappa shape index (κ3) is 3.74. The van der Waals surface area contributed by atoms with Gasteiger partial charge in [0.05, 0.1) is 23.0 Å². The van der Waals surface area contributed by atoms with Crippen molar-refractivity contribution in [2.45, 2.75) is 13.5 Å². The fourth-order valence-electron chi connectivity index (χ4n) is 3.60. The summed E-state index contributed by atoms with van der Waals surface area (Å²) in [6.07, 6.45) is 1.63. The molecule has 29 heavy (non-hydrogen) atoms. The first-order valence-corrected chi connectivity index (χ1v) is 8.76. The molecule has 140 valence electrons. The molecule has 0 atom stereocenters. The van der Waals surface area contributed by atoms with Gasteiger partial charge in [0.25, 0.3) is 5.69 Å². The van der Waals surface area contributed by atoms with E-state index in [1.165, 1.54) is 12.1 Å². The molecule has 2 heterocycles. The summed E-state index contributed by atoms with van der Waals surface area (Å²) in [5, 5.41) is 24.5. The van der Waals surface area contributed by atoms with Crippen LogP contribution in [0.15, 0.2) is 48.7 Å². The number of carbonyl (C=O) groups excluding carboxylic acids is 1. The van der Waals surface area contributed by atoms with Gasteiger partial charge in [-0.3, -0.25) is 15.1 Å². The van der Waals surface area contributed by atoms with Gasteiger partial charge in [-0.15, -0.1) is 0 Å². The topological polar surface area (TPSA) is 101 Å². The Kier molecular flexibility index (Phi) is 5.95. The predicted octanol–water partition coefficient (Wildman–Crippen LogP) is 0.480. The van der Waals surface area contributed by atoms with Crippen molar-refractivity contribution < 1.29 is 44.4 Å². The number of aliphatic carboxylic acids is 1. The maximum Gasteiger partial charge on any atom is 1.00 e. The molecular formula is C20H13ClN3NaO4. The van der Waals surface area contributed by atoms with Crippen LogP contribution in [0.2, 0.25) is 5.02 Å². The van der Waals surface area contributed by atoms with Crippen LogP contribution in [0.3, 0.4) is 0 Å². The molecule has 0 fully saturated rings. The summed E-state index contributed by atoms with van der Waals surface area (Å²) in [6, 6.07) is 11.5. The van der Waals surface area contributed by atoms with Crippen molar-refractivity contribution >= 4 is 45.1 Å². The smallest absolute Gasteiger partial charge is 0.548 e. The van der Waals surface area contributed by atoms with Crippen LogP contribution >= 0.6 is 11.6 Å². The zero-order valence-electron chi connectivity index (χ0n) is 15.7. The molecule has 0 N–H and O–H groups in total. The van der Waals surface area contributed by atoms with Gasteiger partial charge in [-0.25, -0.2) is 0 Å². The minimum atomic E-state index is -1.24. The molecule has 0 aliphatic rings. The summed E-state index contributed by atoms with van der Waals surface area (Å²) < 4.78 is 1.59. The molecule has 0 bridgehead atoms. The van der Waals surface area contributed by atoms with E-state index >= 15 is 0 Å². The van der Waals surface area contributed by atoms with Crippen LogP contribution in [-0.2, 0) is 11.3 Å². The van der Waals surface area contributed by atoms with Crippen molar-refractivity contribution in [3.8, 4) is 11.1 Å². The van der Waals surface area contributed by atoms with Crippen molar-refractivity contribution in [1.29, 1.82) is 0 Å². The van der Waals surface area contributed by atoms with Crippen LogP contribution < -0.4 is 34.7 Å². The average Bonchev–Trinajstić information content (AvgIpc) is 2.91. The molecule has 0 amide bonds. The van der Waals surface area contributed by atoms with Gasteiger partial charge in [-0.1, -0.05) is 17.7 Å². The number of carbonyl (C=O) groups is 1. The van der Waals surface area contributed by atoms with E-state index in [1.807, 2.05) is 6.07 Å². The molecule has 0 radical (unpaired) electrons. The minimum absolute atomic E-state index is 0. The molecule has 0 saturated carbocycles. The molecule has 4 rings (SSSR count). The number of hydrogen-bond acceptors (Lipinski definition) is 5. The Balaban J connectivity index is 0.00000240. The Bertz CT molecular complexity index is 1290. The maximum atomic E-state index is 11.3. The number of fused-ring (bicyclic) bond motifs is 2. The number of nitro groups is 1.